The molecular weight excluding hydrogens is 637 g/mol. The van der Waals surface area contributed by atoms with Crippen LogP contribution in [-0.2, 0) is 9.59 Å². The first kappa shape index (κ1) is 46.1. The molecule has 1 aliphatic rings. The minimum Gasteiger partial charge on any atom is -0.354 e. The van der Waals surface area contributed by atoms with Crippen LogP contribution in [0.4, 0.5) is 0 Å². The Morgan fingerprint density at radius 3 is 1.31 bits per heavy atom. The number of hydrogen-bond acceptors (Lipinski definition) is 2. The van der Waals surface area contributed by atoms with Crippen molar-refractivity contribution in [2.45, 2.75) is 142 Å². The Kier molecular flexibility index (Phi) is 32.7. The number of hydrogen-bond donors (Lipinski definition) is 1. The van der Waals surface area contributed by atoms with Crippen molar-refractivity contribution < 1.29 is 9.59 Å². The summed E-state index contributed by atoms with van der Waals surface area (Å²) in [5.74, 6) is 0.292. The maximum atomic E-state index is 13.0. The molecule has 1 saturated heterocycles. The van der Waals surface area contributed by atoms with Crippen molar-refractivity contribution in [1.29, 1.82) is 0 Å². The summed E-state index contributed by atoms with van der Waals surface area (Å²) in [6, 6.07) is 0.116. The quantitative estimate of drug-likeness (QED) is 0.0621. The molecule has 0 aromatic carbocycles. The van der Waals surface area contributed by atoms with E-state index in [9.17, 15) is 9.59 Å². The monoisotopic (exact) mass is 709 g/mol. The lowest BCUT2D eigenvalue weighted by Gasteiger charge is -2.36. The van der Waals surface area contributed by atoms with Crippen LogP contribution in [0.1, 0.15) is 136 Å². The second-order valence-corrected chi connectivity index (χ2v) is 13.1. The van der Waals surface area contributed by atoms with E-state index < -0.39 is 0 Å². The fraction of sp³-hybridized carbons (Fsp3) is 0.500. The Morgan fingerprint density at radius 2 is 0.885 bits per heavy atom. The van der Waals surface area contributed by atoms with Gasteiger partial charge in [0.1, 0.15) is 0 Å². The Labute approximate surface area is 319 Å². The van der Waals surface area contributed by atoms with Crippen molar-refractivity contribution in [2.24, 2.45) is 0 Å². The van der Waals surface area contributed by atoms with Crippen LogP contribution in [0.3, 0.4) is 0 Å². The molecule has 4 heteroatoms. The van der Waals surface area contributed by atoms with E-state index in [0.29, 0.717) is 19.4 Å². The molecule has 2 amide bonds. The highest BCUT2D eigenvalue weighted by Crippen LogP contribution is 2.18. The van der Waals surface area contributed by atoms with Crippen molar-refractivity contribution in [1.82, 2.24) is 10.2 Å². The minimum atomic E-state index is 0.0656. The average molecular weight is 709 g/mol. The molecule has 0 aromatic heterocycles. The fourth-order valence-corrected chi connectivity index (χ4v) is 5.60. The van der Waals surface area contributed by atoms with Crippen molar-refractivity contribution in [3.63, 3.8) is 0 Å². The average Bonchev–Trinajstić information content (AvgIpc) is 3.16. The summed E-state index contributed by atoms with van der Waals surface area (Å²) < 4.78 is 0. The second-order valence-electron chi connectivity index (χ2n) is 13.1. The van der Waals surface area contributed by atoms with Crippen LogP contribution in [0, 0.1) is 0 Å². The fourth-order valence-electron chi connectivity index (χ4n) is 5.60. The van der Waals surface area contributed by atoms with Gasteiger partial charge in [0.15, 0.2) is 0 Å². The van der Waals surface area contributed by atoms with E-state index in [1.165, 1.54) is 0 Å². The highest BCUT2D eigenvalue weighted by atomic mass is 16.2. The van der Waals surface area contributed by atoms with Crippen LogP contribution in [0.15, 0.2) is 134 Å². The zero-order valence-electron chi connectivity index (χ0n) is 32.9. The van der Waals surface area contributed by atoms with Gasteiger partial charge in [-0.3, -0.25) is 9.59 Å². The Balaban J connectivity index is 2.13. The Hall–Kier alpha value is -3.92. The summed E-state index contributed by atoms with van der Waals surface area (Å²) in [5.41, 5.74) is 0. The predicted molar refractivity (Wildman–Crippen MR) is 228 cm³/mol. The molecule has 4 nitrogen and oxygen atoms in total. The Bertz CT molecular complexity index is 1220. The number of likely N-dealkylation sites (tertiary alicyclic amines) is 1. The number of carbonyl (C=O) groups excluding carboxylic acids is 2. The summed E-state index contributed by atoms with van der Waals surface area (Å²) in [6.07, 6.45) is 66.0. The largest absolute Gasteiger partial charge is 0.354 e. The van der Waals surface area contributed by atoms with Gasteiger partial charge in [0.25, 0.3) is 0 Å². The standard InChI is InChI=1S/C48H72N2O2/c1-3-5-7-9-11-13-15-17-19-21-22-24-25-27-29-31-33-35-37-42-47(51)49-45-46-41-39-40-44-50(46)48(52)43-38-36-34-32-30-28-26-23-20-18-16-14-12-10-8-6-4-2/h5-8,11-14,17-20,22,24,26-29,32-35,46H,3-4,9-10,15-16,21,23,25,30-31,36-45H2,1-2H3,(H,49,51)/b7-5-,8-6-,13-11-,14-12-,19-17-,20-18-,24-22-,28-26-,29-27-,34-32-,35-33-. The van der Waals surface area contributed by atoms with Gasteiger partial charge in [-0.05, 0) is 109 Å². The molecule has 0 radical (unpaired) electrons. The molecule has 1 N–H and O–H groups in total. The van der Waals surface area contributed by atoms with Crippen LogP contribution in [0.5, 0.6) is 0 Å². The molecule has 52 heavy (non-hydrogen) atoms. The zero-order valence-corrected chi connectivity index (χ0v) is 32.9. The first-order valence-electron chi connectivity index (χ1n) is 20.4. The molecule has 1 aliphatic heterocycles. The summed E-state index contributed by atoms with van der Waals surface area (Å²) in [4.78, 5) is 27.5. The van der Waals surface area contributed by atoms with Crippen molar-refractivity contribution >= 4 is 11.8 Å². The van der Waals surface area contributed by atoms with E-state index in [-0.39, 0.29) is 17.9 Å². The van der Waals surface area contributed by atoms with Gasteiger partial charge in [0.2, 0.25) is 11.8 Å². The van der Waals surface area contributed by atoms with E-state index in [4.69, 9.17) is 0 Å². The van der Waals surface area contributed by atoms with Gasteiger partial charge in [0, 0.05) is 32.0 Å². The third kappa shape index (κ3) is 29.8. The topological polar surface area (TPSA) is 49.4 Å². The van der Waals surface area contributed by atoms with Crippen molar-refractivity contribution in [3.05, 3.63) is 134 Å². The van der Waals surface area contributed by atoms with Gasteiger partial charge < -0.3 is 10.2 Å². The predicted octanol–water partition coefficient (Wildman–Crippen LogP) is 12.9. The first-order chi connectivity index (χ1) is 25.7. The summed E-state index contributed by atoms with van der Waals surface area (Å²) in [6.45, 7) is 5.68. The highest BCUT2D eigenvalue weighted by Gasteiger charge is 2.26. The van der Waals surface area contributed by atoms with Gasteiger partial charge in [-0.1, -0.05) is 148 Å². The number of rotatable bonds is 29. The van der Waals surface area contributed by atoms with E-state index in [2.05, 4.69) is 153 Å². The SMILES string of the molecule is CC/C=C\C/C=C\C/C=C\C/C=C\C/C=C\C/C=C\CCC(=O)NCC1CCCCN1C(=O)CCC/C=C\C/C=C\C/C=C\C/C=C\C/C=C\CC. The molecule has 0 aromatic rings. The number of piperidine rings is 1. The summed E-state index contributed by atoms with van der Waals surface area (Å²) in [5, 5.41) is 3.10. The van der Waals surface area contributed by atoms with Crippen molar-refractivity contribution in [2.75, 3.05) is 13.1 Å². The molecule has 286 valence electrons. The number of unbranched alkanes of at least 4 members (excludes halogenated alkanes) is 1. The lowest BCUT2D eigenvalue weighted by molar-refractivity contribution is -0.135. The zero-order chi connectivity index (χ0) is 37.4. The molecule has 1 atom stereocenters. The minimum absolute atomic E-state index is 0.0656. The van der Waals surface area contributed by atoms with Gasteiger partial charge in [-0.25, -0.2) is 0 Å². The van der Waals surface area contributed by atoms with Crippen LogP contribution >= 0.6 is 0 Å². The maximum absolute atomic E-state index is 13.0. The number of nitrogens with one attached hydrogen (secondary N) is 1. The number of carbonyl (C=O) groups is 2. The molecule has 0 saturated carbocycles. The molecule has 1 heterocycles. The van der Waals surface area contributed by atoms with Crippen LogP contribution in [-0.4, -0.2) is 35.8 Å². The molecule has 1 fully saturated rings. The van der Waals surface area contributed by atoms with Crippen LogP contribution in [0.25, 0.3) is 0 Å². The van der Waals surface area contributed by atoms with Gasteiger partial charge in [-0.15, -0.1) is 0 Å². The van der Waals surface area contributed by atoms with E-state index in [1.807, 2.05) is 4.90 Å². The summed E-state index contributed by atoms with van der Waals surface area (Å²) in [7, 11) is 0. The molecular formula is C48H72N2O2. The van der Waals surface area contributed by atoms with Gasteiger partial charge in [-0.2, -0.15) is 0 Å². The Morgan fingerprint density at radius 1 is 0.500 bits per heavy atom. The molecule has 0 aliphatic carbocycles. The molecule has 0 spiro atoms. The smallest absolute Gasteiger partial charge is 0.222 e. The normalized spacial score (nSPS) is 16.3. The summed E-state index contributed by atoms with van der Waals surface area (Å²) >= 11 is 0. The van der Waals surface area contributed by atoms with E-state index >= 15 is 0 Å². The van der Waals surface area contributed by atoms with Crippen LogP contribution < -0.4 is 5.32 Å². The van der Waals surface area contributed by atoms with Crippen LogP contribution in [0.2, 0.25) is 0 Å². The number of nitrogens with zero attached hydrogens (tertiary/aromatic N) is 1. The third-order valence-electron chi connectivity index (χ3n) is 8.54. The van der Waals surface area contributed by atoms with E-state index in [1.54, 1.807) is 0 Å². The van der Waals surface area contributed by atoms with Gasteiger partial charge in [0.05, 0.1) is 0 Å². The number of allylic oxidation sites excluding steroid dienone is 22. The van der Waals surface area contributed by atoms with Gasteiger partial charge >= 0.3 is 0 Å². The second kappa shape index (κ2) is 36.9. The first-order valence-corrected chi connectivity index (χ1v) is 20.4. The molecule has 1 unspecified atom stereocenters. The number of amides is 2. The maximum Gasteiger partial charge on any atom is 0.222 e. The highest BCUT2D eigenvalue weighted by molar-refractivity contribution is 5.77. The van der Waals surface area contributed by atoms with Crippen molar-refractivity contribution in [3.8, 4) is 0 Å². The third-order valence-corrected chi connectivity index (χ3v) is 8.54. The van der Waals surface area contributed by atoms with E-state index in [0.717, 1.165) is 116 Å². The lowest BCUT2D eigenvalue weighted by Crippen LogP contribution is -2.49. The lowest BCUT2D eigenvalue weighted by atomic mass is 10.0. The molecule has 0 bridgehead atoms. The molecule has 1 rings (SSSR count).